The predicted molar refractivity (Wildman–Crippen MR) is 86.7 cm³/mol. The van der Waals surface area contributed by atoms with Gasteiger partial charge in [0.25, 0.3) is 0 Å². The van der Waals surface area contributed by atoms with Crippen LogP contribution in [0.3, 0.4) is 0 Å². The first-order valence-electron chi connectivity index (χ1n) is 8.08. The first-order valence-corrected chi connectivity index (χ1v) is 8.08. The van der Waals surface area contributed by atoms with Crippen molar-refractivity contribution in [3.05, 3.63) is 29.8 Å². The van der Waals surface area contributed by atoms with Crippen LogP contribution in [0.1, 0.15) is 12.0 Å². The molecule has 3 heterocycles. The Labute approximate surface area is 139 Å². The van der Waals surface area contributed by atoms with Crippen molar-refractivity contribution in [2.24, 2.45) is 17.1 Å². The molecule has 0 unspecified atom stereocenters. The number of hydrogen-bond donors (Lipinski definition) is 1. The number of rotatable bonds is 3. The number of amides is 1. The number of anilines is 1. The van der Waals surface area contributed by atoms with Crippen LogP contribution in [0, 0.1) is 18.3 Å². The van der Waals surface area contributed by atoms with Gasteiger partial charge in [-0.2, -0.15) is 4.68 Å². The molecule has 2 aromatic rings. The molecule has 2 aliphatic heterocycles. The van der Waals surface area contributed by atoms with Crippen molar-refractivity contribution in [1.29, 1.82) is 0 Å². The van der Waals surface area contributed by atoms with Crippen molar-refractivity contribution in [2.45, 2.75) is 13.3 Å². The van der Waals surface area contributed by atoms with Gasteiger partial charge in [0.1, 0.15) is 0 Å². The zero-order valence-corrected chi connectivity index (χ0v) is 13.6. The van der Waals surface area contributed by atoms with E-state index in [0.29, 0.717) is 38.7 Å². The third-order valence-corrected chi connectivity index (χ3v) is 5.21. The van der Waals surface area contributed by atoms with Crippen molar-refractivity contribution >= 4 is 11.9 Å². The molecule has 24 heavy (non-hydrogen) atoms. The van der Waals surface area contributed by atoms with Gasteiger partial charge in [-0.3, -0.25) is 4.79 Å². The van der Waals surface area contributed by atoms with Crippen LogP contribution in [0.25, 0.3) is 5.69 Å². The molecule has 0 radical (unpaired) electrons. The number of nitrogens with zero attached hydrogens (tertiary/aromatic N) is 5. The minimum atomic E-state index is -0.553. The van der Waals surface area contributed by atoms with Crippen LogP contribution in [0.15, 0.2) is 24.3 Å². The molecule has 1 aromatic heterocycles. The van der Waals surface area contributed by atoms with Crippen LogP contribution in [0.4, 0.5) is 5.95 Å². The summed E-state index contributed by atoms with van der Waals surface area (Å²) >= 11 is 0. The lowest BCUT2D eigenvalue weighted by atomic mass is 9.74. The van der Waals surface area contributed by atoms with E-state index in [1.807, 2.05) is 36.1 Å². The highest BCUT2D eigenvalue weighted by molar-refractivity contribution is 5.83. The molecule has 1 aromatic carbocycles. The van der Waals surface area contributed by atoms with Gasteiger partial charge in [0.05, 0.1) is 17.7 Å². The molecule has 1 amide bonds. The number of ether oxygens (including phenoxy) is 1. The smallest absolute Gasteiger partial charge is 0.250 e. The van der Waals surface area contributed by atoms with E-state index in [0.717, 1.165) is 5.69 Å². The first kappa shape index (κ1) is 15.1. The fourth-order valence-electron chi connectivity index (χ4n) is 3.74. The van der Waals surface area contributed by atoms with E-state index in [1.165, 1.54) is 5.56 Å². The van der Waals surface area contributed by atoms with Gasteiger partial charge in [0.2, 0.25) is 11.9 Å². The summed E-state index contributed by atoms with van der Waals surface area (Å²) < 4.78 is 7.26. The molecule has 2 atom stereocenters. The number of fused-ring (bicyclic) bond motifs is 1. The van der Waals surface area contributed by atoms with Crippen molar-refractivity contribution in [2.75, 3.05) is 31.2 Å². The second kappa shape index (κ2) is 5.55. The van der Waals surface area contributed by atoms with Crippen LogP contribution >= 0.6 is 0 Å². The van der Waals surface area contributed by atoms with Crippen molar-refractivity contribution in [1.82, 2.24) is 20.2 Å². The standard InChI is InChI=1S/C16H20N6O2/c1-11-2-4-13(5-3-11)22-15(18-19-20-22)21-8-12-9-24-7-6-16(12,10-21)14(17)23/h2-5,12H,6-10H2,1H3,(H2,17,23)/t12-,16+/m1/s1. The summed E-state index contributed by atoms with van der Waals surface area (Å²) in [5.41, 5.74) is 7.25. The maximum Gasteiger partial charge on any atom is 0.250 e. The van der Waals surface area contributed by atoms with Crippen molar-refractivity contribution in [3.63, 3.8) is 0 Å². The Balaban J connectivity index is 1.67. The Kier molecular flexibility index (Phi) is 3.49. The van der Waals surface area contributed by atoms with E-state index in [4.69, 9.17) is 10.5 Å². The minimum absolute atomic E-state index is 0.0758. The van der Waals surface area contributed by atoms with Gasteiger partial charge in [0.15, 0.2) is 0 Å². The Morgan fingerprint density at radius 3 is 2.88 bits per heavy atom. The fraction of sp³-hybridized carbons (Fsp3) is 0.500. The van der Waals surface area contributed by atoms with Crippen LogP contribution in [0.2, 0.25) is 0 Å². The number of aromatic nitrogens is 4. The molecule has 0 bridgehead atoms. The summed E-state index contributed by atoms with van der Waals surface area (Å²) in [4.78, 5) is 14.2. The Bertz CT molecular complexity index is 758. The average molecular weight is 328 g/mol. The highest BCUT2D eigenvalue weighted by Crippen LogP contribution is 2.43. The molecule has 2 N–H and O–H groups in total. The molecule has 4 rings (SSSR count). The van der Waals surface area contributed by atoms with Gasteiger partial charge in [-0.1, -0.05) is 22.8 Å². The second-order valence-corrected chi connectivity index (χ2v) is 6.65. The number of carbonyl (C=O) groups is 1. The van der Waals surface area contributed by atoms with E-state index in [-0.39, 0.29) is 11.8 Å². The van der Waals surface area contributed by atoms with Gasteiger partial charge >= 0.3 is 0 Å². The molecule has 2 saturated heterocycles. The van der Waals surface area contributed by atoms with Crippen molar-refractivity contribution < 1.29 is 9.53 Å². The normalized spacial score (nSPS) is 26.4. The van der Waals surface area contributed by atoms with Gasteiger partial charge in [-0.05, 0) is 35.9 Å². The largest absolute Gasteiger partial charge is 0.381 e. The summed E-state index contributed by atoms with van der Waals surface area (Å²) in [5.74, 6) is 0.452. The van der Waals surface area contributed by atoms with Crippen molar-refractivity contribution in [3.8, 4) is 5.69 Å². The van der Waals surface area contributed by atoms with E-state index < -0.39 is 5.41 Å². The van der Waals surface area contributed by atoms with E-state index in [9.17, 15) is 4.79 Å². The quantitative estimate of drug-likeness (QED) is 0.870. The average Bonchev–Trinajstić information content (AvgIpc) is 3.20. The summed E-state index contributed by atoms with van der Waals surface area (Å²) in [6.07, 6.45) is 0.648. The lowest BCUT2D eigenvalue weighted by molar-refractivity contribution is -0.135. The van der Waals surface area contributed by atoms with Gasteiger partial charge in [-0.15, -0.1) is 0 Å². The number of nitrogens with two attached hydrogens (primary N) is 1. The molecular formula is C16H20N6O2. The highest BCUT2D eigenvalue weighted by atomic mass is 16.5. The van der Waals surface area contributed by atoms with Gasteiger partial charge in [0, 0.05) is 25.6 Å². The number of hydrogen-bond acceptors (Lipinski definition) is 6. The van der Waals surface area contributed by atoms with E-state index in [1.54, 1.807) is 4.68 Å². The lowest BCUT2D eigenvalue weighted by Crippen LogP contribution is -2.48. The second-order valence-electron chi connectivity index (χ2n) is 6.65. The zero-order chi connectivity index (χ0) is 16.7. The number of aryl methyl sites for hydroxylation is 1. The zero-order valence-electron chi connectivity index (χ0n) is 13.6. The Morgan fingerprint density at radius 2 is 2.17 bits per heavy atom. The Morgan fingerprint density at radius 1 is 1.38 bits per heavy atom. The molecule has 2 aliphatic rings. The fourth-order valence-corrected chi connectivity index (χ4v) is 3.74. The topological polar surface area (TPSA) is 99.2 Å². The third kappa shape index (κ3) is 2.25. The number of primary amides is 1. The molecule has 126 valence electrons. The summed E-state index contributed by atoms with van der Waals surface area (Å²) in [6.45, 7) is 4.34. The number of tetrazole rings is 1. The lowest BCUT2D eigenvalue weighted by Gasteiger charge is -2.34. The number of benzene rings is 1. The maximum absolute atomic E-state index is 12.1. The van der Waals surface area contributed by atoms with E-state index in [2.05, 4.69) is 15.5 Å². The minimum Gasteiger partial charge on any atom is -0.381 e. The molecular weight excluding hydrogens is 308 g/mol. The molecule has 0 saturated carbocycles. The summed E-state index contributed by atoms with van der Waals surface area (Å²) in [7, 11) is 0. The van der Waals surface area contributed by atoms with Gasteiger partial charge in [-0.25, -0.2) is 0 Å². The molecule has 2 fully saturated rings. The molecule has 0 aliphatic carbocycles. The highest BCUT2D eigenvalue weighted by Gasteiger charge is 2.53. The van der Waals surface area contributed by atoms with Crippen LogP contribution < -0.4 is 10.6 Å². The van der Waals surface area contributed by atoms with Gasteiger partial charge < -0.3 is 15.4 Å². The third-order valence-electron chi connectivity index (χ3n) is 5.21. The molecule has 8 heteroatoms. The summed E-state index contributed by atoms with van der Waals surface area (Å²) in [6, 6.07) is 7.99. The first-order chi connectivity index (χ1) is 11.6. The monoisotopic (exact) mass is 328 g/mol. The SMILES string of the molecule is Cc1ccc(-n2nnnc2N2C[C@@H]3COCC[C@]3(C(N)=O)C2)cc1. The molecule has 8 nitrogen and oxygen atoms in total. The van der Waals surface area contributed by atoms with E-state index >= 15 is 0 Å². The Hall–Kier alpha value is -2.48. The van der Waals surface area contributed by atoms with Crippen LogP contribution in [0.5, 0.6) is 0 Å². The maximum atomic E-state index is 12.1. The summed E-state index contributed by atoms with van der Waals surface area (Å²) in [5, 5.41) is 12.1. The van der Waals surface area contributed by atoms with Crippen LogP contribution in [-0.4, -0.2) is 52.4 Å². The predicted octanol–water partition coefficient (Wildman–Crippen LogP) is 0.299. The van der Waals surface area contributed by atoms with Crippen LogP contribution in [-0.2, 0) is 9.53 Å². The molecule has 0 spiro atoms. The number of carbonyl (C=O) groups excluding carboxylic acids is 1.